The third kappa shape index (κ3) is 5.58. The van der Waals surface area contributed by atoms with Gasteiger partial charge in [-0.25, -0.2) is 9.59 Å². The normalized spacial score (nSPS) is 12.3. The van der Waals surface area contributed by atoms with E-state index in [4.69, 9.17) is 14.0 Å². The van der Waals surface area contributed by atoms with E-state index in [1.807, 2.05) is 30.3 Å². The zero-order valence-electron chi connectivity index (χ0n) is 15.3. The van der Waals surface area contributed by atoms with Crippen LogP contribution >= 0.6 is 0 Å². The first-order chi connectivity index (χ1) is 12.3. The van der Waals surface area contributed by atoms with Gasteiger partial charge >= 0.3 is 12.1 Å². The summed E-state index contributed by atoms with van der Waals surface area (Å²) in [4.78, 5) is 27.8. The number of rotatable bonds is 6. The molecule has 1 aromatic carbocycles. The third-order valence-electron chi connectivity index (χ3n) is 3.25. The van der Waals surface area contributed by atoms with E-state index in [2.05, 4.69) is 15.5 Å². The molecule has 26 heavy (non-hydrogen) atoms. The van der Waals surface area contributed by atoms with Crippen LogP contribution in [0.5, 0.6) is 0 Å². The van der Waals surface area contributed by atoms with Gasteiger partial charge in [-0.1, -0.05) is 30.3 Å². The highest BCUT2D eigenvalue weighted by molar-refractivity contribution is 5.84. The number of nitrogens with one attached hydrogen (secondary N) is 1. The lowest BCUT2D eigenvalue weighted by Gasteiger charge is -2.21. The summed E-state index contributed by atoms with van der Waals surface area (Å²) in [7, 11) is 0. The number of ether oxygens (including phenoxy) is 2. The number of carbonyl (C=O) groups is 2. The van der Waals surface area contributed by atoms with Crippen molar-refractivity contribution in [3.05, 3.63) is 47.6 Å². The van der Waals surface area contributed by atoms with E-state index < -0.39 is 23.6 Å². The fraction of sp³-hybridized carbons (Fsp3) is 0.444. The number of benzene rings is 1. The van der Waals surface area contributed by atoms with Crippen molar-refractivity contribution in [2.24, 2.45) is 0 Å². The first-order valence-electron chi connectivity index (χ1n) is 8.32. The molecule has 1 heterocycles. The molecule has 1 unspecified atom stereocenters. The van der Waals surface area contributed by atoms with Gasteiger partial charge in [-0.05, 0) is 38.4 Å². The second kappa shape index (κ2) is 8.46. The molecule has 0 bridgehead atoms. The van der Waals surface area contributed by atoms with Gasteiger partial charge in [-0.15, -0.1) is 0 Å². The average Bonchev–Trinajstić information content (AvgIpc) is 3.04. The molecule has 140 valence electrons. The molecule has 0 saturated heterocycles. The van der Waals surface area contributed by atoms with Crippen LogP contribution in [0.15, 0.2) is 34.9 Å². The maximum absolute atomic E-state index is 12.0. The second-order valence-corrected chi connectivity index (χ2v) is 6.52. The maximum atomic E-state index is 12.0. The summed E-state index contributed by atoms with van der Waals surface area (Å²) in [5.41, 5.74) is 0.246. The van der Waals surface area contributed by atoms with Gasteiger partial charge in [-0.3, -0.25) is 0 Å². The number of nitrogens with zero attached hydrogens (tertiary/aromatic N) is 2. The molecule has 0 aliphatic rings. The minimum absolute atomic E-state index is 0.153. The van der Waals surface area contributed by atoms with Gasteiger partial charge < -0.3 is 19.3 Å². The third-order valence-corrected chi connectivity index (χ3v) is 3.25. The molecule has 0 aliphatic carbocycles. The molecule has 0 saturated carbocycles. The molecule has 1 atom stereocenters. The van der Waals surface area contributed by atoms with Crippen LogP contribution in [-0.2, 0) is 9.47 Å². The molecule has 2 aromatic rings. The van der Waals surface area contributed by atoms with E-state index in [0.717, 1.165) is 5.56 Å². The number of alkyl carbamates (subject to hydrolysis) is 1. The van der Waals surface area contributed by atoms with Crippen molar-refractivity contribution < 1.29 is 23.6 Å². The van der Waals surface area contributed by atoms with Gasteiger partial charge in [0.2, 0.25) is 5.89 Å². The van der Waals surface area contributed by atoms with Crippen LogP contribution in [0.4, 0.5) is 4.79 Å². The van der Waals surface area contributed by atoms with E-state index in [-0.39, 0.29) is 24.9 Å². The molecule has 1 N–H and O–H groups in total. The summed E-state index contributed by atoms with van der Waals surface area (Å²) in [5, 5.41) is 6.36. The lowest BCUT2D eigenvalue weighted by Crippen LogP contribution is -2.35. The summed E-state index contributed by atoms with van der Waals surface area (Å²) in [6, 6.07) is 9.34. The number of hydrogen-bond donors (Lipinski definition) is 1. The summed E-state index contributed by atoms with van der Waals surface area (Å²) in [6.45, 7) is 7.42. The first kappa shape index (κ1) is 19.4. The Morgan fingerprint density at radius 3 is 2.54 bits per heavy atom. The van der Waals surface area contributed by atoms with Gasteiger partial charge in [0.25, 0.3) is 5.82 Å². The smallest absolute Gasteiger partial charge is 0.407 e. The van der Waals surface area contributed by atoms with Crippen molar-refractivity contribution in [2.45, 2.75) is 39.2 Å². The van der Waals surface area contributed by atoms with Gasteiger partial charge in [0.15, 0.2) is 0 Å². The number of hydrogen-bond acceptors (Lipinski definition) is 7. The average molecular weight is 361 g/mol. The van der Waals surface area contributed by atoms with Crippen LogP contribution in [0.3, 0.4) is 0 Å². The molecule has 1 amide bonds. The largest absolute Gasteiger partial charge is 0.460 e. The molecular formula is C18H23N3O5. The van der Waals surface area contributed by atoms with Crippen molar-refractivity contribution in [1.29, 1.82) is 0 Å². The lowest BCUT2D eigenvalue weighted by molar-refractivity contribution is 0.0503. The minimum atomic E-state index is -0.658. The Morgan fingerprint density at radius 2 is 1.92 bits per heavy atom. The Balaban J connectivity index is 2.17. The number of carbonyl (C=O) groups excluding carboxylic acids is 2. The Kier molecular flexibility index (Phi) is 6.32. The topological polar surface area (TPSA) is 104 Å². The Labute approximate surface area is 151 Å². The number of amides is 1. The molecule has 8 nitrogen and oxygen atoms in total. The molecule has 0 aliphatic heterocycles. The second-order valence-electron chi connectivity index (χ2n) is 6.52. The molecular weight excluding hydrogens is 338 g/mol. The molecule has 8 heteroatoms. The van der Waals surface area contributed by atoms with Crippen molar-refractivity contribution in [3.8, 4) is 0 Å². The van der Waals surface area contributed by atoms with Gasteiger partial charge in [0, 0.05) is 6.54 Å². The Bertz CT molecular complexity index is 737. The highest BCUT2D eigenvalue weighted by atomic mass is 16.6. The van der Waals surface area contributed by atoms with E-state index in [1.165, 1.54) is 0 Å². The first-order valence-corrected chi connectivity index (χ1v) is 8.32. The lowest BCUT2D eigenvalue weighted by atomic mass is 9.99. The standard InChI is InChI=1S/C18H23N3O5/c1-5-24-16(22)14-20-15(26-21-14)13(12-9-7-6-8-10-12)11-19-17(23)25-18(2,3)4/h6-10,13H,5,11H2,1-4H3,(H,19,23). The molecule has 2 rings (SSSR count). The quantitative estimate of drug-likeness (QED) is 0.789. The monoisotopic (exact) mass is 361 g/mol. The van der Waals surface area contributed by atoms with Gasteiger partial charge in [0.05, 0.1) is 12.5 Å². The zero-order chi connectivity index (χ0) is 19.2. The number of esters is 1. The molecule has 0 fully saturated rings. The molecule has 0 spiro atoms. The predicted molar refractivity (Wildman–Crippen MR) is 92.8 cm³/mol. The van der Waals surface area contributed by atoms with Crippen molar-refractivity contribution in [1.82, 2.24) is 15.5 Å². The van der Waals surface area contributed by atoms with E-state index in [0.29, 0.717) is 0 Å². The highest BCUT2D eigenvalue weighted by Gasteiger charge is 2.25. The highest BCUT2D eigenvalue weighted by Crippen LogP contribution is 2.23. The summed E-state index contributed by atoms with van der Waals surface area (Å²) in [5.74, 6) is -1.04. The van der Waals surface area contributed by atoms with Crippen molar-refractivity contribution in [2.75, 3.05) is 13.2 Å². The Hall–Kier alpha value is -2.90. The van der Waals surface area contributed by atoms with Crippen molar-refractivity contribution >= 4 is 12.1 Å². The SMILES string of the molecule is CCOC(=O)c1noc(C(CNC(=O)OC(C)(C)C)c2ccccc2)n1. The number of aromatic nitrogens is 2. The maximum Gasteiger partial charge on any atom is 0.407 e. The summed E-state index contributed by atoms with van der Waals surface area (Å²) >= 11 is 0. The van der Waals surface area contributed by atoms with Crippen LogP contribution in [-0.4, -0.2) is 41.0 Å². The fourth-order valence-electron chi connectivity index (χ4n) is 2.19. The van der Waals surface area contributed by atoms with Crippen LogP contribution in [0.1, 0.15) is 55.7 Å². The zero-order valence-corrected chi connectivity index (χ0v) is 15.3. The predicted octanol–water partition coefficient (Wildman–Crippen LogP) is 2.90. The fourth-order valence-corrected chi connectivity index (χ4v) is 2.19. The molecule has 0 radical (unpaired) electrons. The van der Waals surface area contributed by atoms with Crippen LogP contribution in [0.25, 0.3) is 0 Å². The van der Waals surface area contributed by atoms with Gasteiger partial charge in [-0.2, -0.15) is 4.98 Å². The van der Waals surface area contributed by atoms with Crippen LogP contribution < -0.4 is 5.32 Å². The van der Waals surface area contributed by atoms with E-state index in [9.17, 15) is 9.59 Å². The van der Waals surface area contributed by atoms with E-state index >= 15 is 0 Å². The van der Waals surface area contributed by atoms with Gasteiger partial charge in [0.1, 0.15) is 5.60 Å². The summed E-state index contributed by atoms with van der Waals surface area (Å²) < 4.78 is 15.3. The summed E-state index contributed by atoms with van der Waals surface area (Å²) in [6.07, 6.45) is -0.552. The Morgan fingerprint density at radius 1 is 1.23 bits per heavy atom. The molecule has 1 aromatic heterocycles. The van der Waals surface area contributed by atoms with Crippen molar-refractivity contribution in [3.63, 3.8) is 0 Å². The van der Waals surface area contributed by atoms with Crippen LogP contribution in [0, 0.1) is 0 Å². The van der Waals surface area contributed by atoms with E-state index in [1.54, 1.807) is 27.7 Å². The van der Waals surface area contributed by atoms with Crippen LogP contribution in [0.2, 0.25) is 0 Å². The minimum Gasteiger partial charge on any atom is -0.460 e.